The van der Waals surface area contributed by atoms with Crippen LogP contribution in [0.5, 0.6) is 0 Å². The molecule has 82 valence electrons. The first-order chi connectivity index (χ1) is 7.13. The first kappa shape index (κ1) is 11.8. The molecule has 0 unspecified atom stereocenters. The fourth-order valence-electron chi connectivity index (χ4n) is 1.66. The molecule has 1 aromatic rings. The summed E-state index contributed by atoms with van der Waals surface area (Å²) >= 11 is 0. The number of hydrogen-bond acceptors (Lipinski definition) is 1. The van der Waals surface area contributed by atoms with Crippen LogP contribution in [0.4, 0.5) is 0 Å². The van der Waals surface area contributed by atoms with Gasteiger partial charge in [0.1, 0.15) is 0 Å². The molecular formula is C13H19NO. The van der Waals surface area contributed by atoms with E-state index < -0.39 is 0 Å². The highest BCUT2D eigenvalue weighted by molar-refractivity contribution is 5.76. The number of hydrogen-bond donors (Lipinski definition) is 1. The minimum absolute atomic E-state index is 0.137. The number of carbonyl (C=O) groups excluding carboxylic acids is 1. The van der Waals surface area contributed by atoms with Gasteiger partial charge in [-0.1, -0.05) is 23.8 Å². The second-order valence-corrected chi connectivity index (χ2v) is 3.88. The standard InChI is InChI=1S/C13H19NO/c1-4-14-13(15)8-7-12-6-5-10(2)9-11(12)3/h5-6,9H,4,7-8H2,1-3H3,(H,14,15). The van der Waals surface area contributed by atoms with Crippen LogP contribution in [0.3, 0.4) is 0 Å². The molecule has 0 aliphatic carbocycles. The lowest BCUT2D eigenvalue weighted by Crippen LogP contribution is -2.22. The molecular weight excluding hydrogens is 186 g/mol. The van der Waals surface area contributed by atoms with E-state index in [1.807, 2.05) is 6.92 Å². The molecule has 0 atom stereocenters. The highest BCUT2D eigenvalue weighted by atomic mass is 16.1. The van der Waals surface area contributed by atoms with Gasteiger partial charge in [-0.2, -0.15) is 0 Å². The van der Waals surface area contributed by atoms with E-state index in [0.29, 0.717) is 13.0 Å². The van der Waals surface area contributed by atoms with Crippen LogP contribution in [0, 0.1) is 13.8 Å². The summed E-state index contributed by atoms with van der Waals surface area (Å²) < 4.78 is 0. The number of carbonyl (C=O) groups is 1. The minimum Gasteiger partial charge on any atom is -0.356 e. The Kier molecular flexibility index (Phi) is 4.35. The molecule has 15 heavy (non-hydrogen) atoms. The van der Waals surface area contributed by atoms with Crippen LogP contribution in [0.15, 0.2) is 18.2 Å². The lowest BCUT2D eigenvalue weighted by atomic mass is 10.0. The SMILES string of the molecule is CCNC(=O)CCc1ccc(C)cc1C. The normalized spacial score (nSPS) is 10.1. The Morgan fingerprint density at radius 2 is 2.07 bits per heavy atom. The molecule has 0 spiro atoms. The highest BCUT2D eigenvalue weighted by Gasteiger charge is 2.02. The van der Waals surface area contributed by atoms with Gasteiger partial charge in [0, 0.05) is 13.0 Å². The summed E-state index contributed by atoms with van der Waals surface area (Å²) in [6.07, 6.45) is 1.41. The minimum atomic E-state index is 0.137. The Hall–Kier alpha value is -1.31. The van der Waals surface area contributed by atoms with E-state index in [4.69, 9.17) is 0 Å². The van der Waals surface area contributed by atoms with Crippen molar-refractivity contribution >= 4 is 5.91 Å². The van der Waals surface area contributed by atoms with Gasteiger partial charge in [0.25, 0.3) is 0 Å². The van der Waals surface area contributed by atoms with E-state index in [0.717, 1.165) is 6.42 Å². The van der Waals surface area contributed by atoms with E-state index in [-0.39, 0.29) is 5.91 Å². The third kappa shape index (κ3) is 3.74. The summed E-state index contributed by atoms with van der Waals surface area (Å²) in [6.45, 7) is 6.83. The molecule has 0 saturated heterocycles. The van der Waals surface area contributed by atoms with Crippen LogP contribution in [-0.2, 0) is 11.2 Å². The summed E-state index contributed by atoms with van der Waals surface area (Å²) in [7, 11) is 0. The van der Waals surface area contributed by atoms with Gasteiger partial charge < -0.3 is 5.32 Å². The summed E-state index contributed by atoms with van der Waals surface area (Å²) in [5.74, 6) is 0.137. The Bertz CT molecular complexity index is 344. The van der Waals surface area contributed by atoms with Gasteiger partial charge in [-0.05, 0) is 38.3 Å². The number of aryl methyl sites for hydroxylation is 3. The maximum absolute atomic E-state index is 11.3. The number of rotatable bonds is 4. The molecule has 0 radical (unpaired) electrons. The molecule has 0 aliphatic rings. The van der Waals surface area contributed by atoms with Crippen molar-refractivity contribution in [2.45, 2.75) is 33.6 Å². The Morgan fingerprint density at radius 3 is 2.67 bits per heavy atom. The topological polar surface area (TPSA) is 29.1 Å². The molecule has 1 amide bonds. The van der Waals surface area contributed by atoms with Crippen molar-refractivity contribution in [2.75, 3.05) is 6.54 Å². The third-order valence-corrected chi connectivity index (χ3v) is 2.49. The van der Waals surface area contributed by atoms with E-state index >= 15 is 0 Å². The van der Waals surface area contributed by atoms with Crippen LogP contribution in [0.25, 0.3) is 0 Å². The van der Waals surface area contributed by atoms with Crippen molar-refractivity contribution in [3.05, 3.63) is 34.9 Å². The highest BCUT2D eigenvalue weighted by Crippen LogP contribution is 2.12. The molecule has 0 aromatic heterocycles. The average molecular weight is 205 g/mol. The van der Waals surface area contributed by atoms with Crippen LogP contribution < -0.4 is 5.32 Å². The molecule has 1 N–H and O–H groups in total. The smallest absolute Gasteiger partial charge is 0.220 e. The van der Waals surface area contributed by atoms with E-state index in [1.165, 1.54) is 16.7 Å². The van der Waals surface area contributed by atoms with Crippen LogP contribution in [0.2, 0.25) is 0 Å². The Labute approximate surface area is 91.7 Å². The number of benzene rings is 1. The van der Waals surface area contributed by atoms with E-state index in [1.54, 1.807) is 0 Å². The average Bonchev–Trinajstić information content (AvgIpc) is 2.17. The summed E-state index contributed by atoms with van der Waals surface area (Å²) in [4.78, 5) is 11.3. The Balaban J connectivity index is 2.54. The molecule has 0 saturated carbocycles. The van der Waals surface area contributed by atoms with Gasteiger partial charge in [0.2, 0.25) is 5.91 Å². The van der Waals surface area contributed by atoms with Crippen molar-refractivity contribution in [3.8, 4) is 0 Å². The molecule has 0 bridgehead atoms. The zero-order chi connectivity index (χ0) is 11.3. The maximum Gasteiger partial charge on any atom is 0.220 e. The van der Waals surface area contributed by atoms with Gasteiger partial charge in [-0.15, -0.1) is 0 Å². The first-order valence-corrected chi connectivity index (χ1v) is 5.46. The predicted octanol–water partition coefficient (Wildman–Crippen LogP) is 2.37. The summed E-state index contributed by atoms with van der Waals surface area (Å²) in [5, 5.41) is 2.81. The molecule has 0 fully saturated rings. The lowest BCUT2D eigenvalue weighted by Gasteiger charge is -2.06. The monoisotopic (exact) mass is 205 g/mol. The second kappa shape index (κ2) is 5.54. The summed E-state index contributed by atoms with van der Waals surface area (Å²) in [6, 6.07) is 6.37. The van der Waals surface area contributed by atoms with E-state index in [2.05, 4.69) is 37.4 Å². The van der Waals surface area contributed by atoms with Crippen LogP contribution >= 0.6 is 0 Å². The van der Waals surface area contributed by atoms with Gasteiger partial charge in [0.15, 0.2) is 0 Å². The van der Waals surface area contributed by atoms with Gasteiger partial charge in [-0.3, -0.25) is 4.79 Å². The molecule has 0 heterocycles. The first-order valence-electron chi connectivity index (χ1n) is 5.46. The zero-order valence-electron chi connectivity index (χ0n) is 9.76. The maximum atomic E-state index is 11.3. The van der Waals surface area contributed by atoms with Crippen molar-refractivity contribution in [2.24, 2.45) is 0 Å². The fraction of sp³-hybridized carbons (Fsp3) is 0.462. The van der Waals surface area contributed by atoms with Crippen molar-refractivity contribution in [3.63, 3.8) is 0 Å². The summed E-state index contributed by atoms with van der Waals surface area (Å²) in [5.41, 5.74) is 3.82. The number of nitrogens with one attached hydrogen (secondary N) is 1. The van der Waals surface area contributed by atoms with Crippen molar-refractivity contribution in [1.29, 1.82) is 0 Å². The van der Waals surface area contributed by atoms with E-state index in [9.17, 15) is 4.79 Å². The van der Waals surface area contributed by atoms with Crippen LogP contribution in [0.1, 0.15) is 30.0 Å². The van der Waals surface area contributed by atoms with Crippen molar-refractivity contribution in [1.82, 2.24) is 5.32 Å². The third-order valence-electron chi connectivity index (χ3n) is 2.49. The second-order valence-electron chi connectivity index (χ2n) is 3.88. The predicted molar refractivity (Wildman–Crippen MR) is 62.9 cm³/mol. The largest absolute Gasteiger partial charge is 0.356 e. The quantitative estimate of drug-likeness (QED) is 0.803. The fourth-order valence-corrected chi connectivity index (χ4v) is 1.66. The molecule has 2 nitrogen and oxygen atoms in total. The lowest BCUT2D eigenvalue weighted by molar-refractivity contribution is -0.120. The van der Waals surface area contributed by atoms with Gasteiger partial charge in [0.05, 0.1) is 0 Å². The zero-order valence-corrected chi connectivity index (χ0v) is 9.76. The Morgan fingerprint density at radius 1 is 1.33 bits per heavy atom. The molecule has 1 aromatic carbocycles. The molecule has 0 aliphatic heterocycles. The van der Waals surface area contributed by atoms with Crippen molar-refractivity contribution < 1.29 is 4.79 Å². The molecule has 1 rings (SSSR count). The van der Waals surface area contributed by atoms with Gasteiger partial charge >= 0.3 is 0 Å². The van der Waals surface area contributed by atoms with Gasteiger partial charge in [-0.25, -0.2) is 0 Å². The molecule has 2 heteroatoms. The van der Waals surface area contributed by atoms with Crippen LogP contribution in [-0.4, -0.2) is 12.5 Å². The number of amides is 1.